The van der Waals surface area contributed by atoms with Crippen LogP contribution >= 0.6 is 0 Å². The number of nitrogens with one attached hydrogen (secondary N) is 3. The zero-order valence-electron chi connectivity index (χ0n) is 14.5. The number of nitrogens with two attached hydrogens (primary N) is 1. The molecule has 132 valence electrons. The van der Waals surface area contributed by atoms with Gasteiger partial charge in [-0.2, -0.15) is 0 Å². The van der Waals surface area contributed by atoms with Gasteiger partial charge in [-0.25, -0.2) is 0 Å². The lowest BCUT2D eigenvalue weighted by Gasteiger charge is -2.15. The fraction of sp³-hybridized carbons (Fsp3) is 0. The Hall–Kier alpha value is -3.86. The van der Waals surface area contributed by atoms with Gasteiger partial charge in [-0.15, -0.1) is 0 Å². The van der Waals surface area contributed by atoms with E-state index in [4.69, 9.17) is 11.1 Å². The number of benzene rings is 3. The lowest BCUT2D eigenvalue weighted by atomic mass is 10.00. The minimum atomic E-state index is -0.148. The van der Waals surface area contributed by atoms with Crippen LogP contribution < -0.4 is 16.4 Å². The fourth-order valence-corrected chi connectivity index (χ4v) is 3.16. The van der Waals surface area contributed by atoms with Gasteiger partial charge in [0.1, 0.15) is 5.84 Å². The second kappa shape index (κ2) is 6.80. The van der Waals surface area contributed by atoms with E-state index < -0.39 is 0 Å². The Bertz CT molecular complexity index is 1070. The average Bonchev–Trinajstić information content (AvgIpc) is 3.02. The highest BCUT2D eigenvalue weighted by molar-refractivity contribution is 6.37. The summed E-state index contributed by atoms with van der Waals surface area (Å²) in [5.74, 6) is -0.151. The van der Waals surface area contributed by atoms with Crippen LogP contribution in [0.25, 0.3) is 11.3 Å². The molecule has 5 heteroatoms. The molecule has 1 aliphatic rings. The average molecular weight is 354 g/mol. The third kappa shape index (κ3) is 3.18. The van der Waals surface area contributed by atoms with Crippen LogP contribution in [0, 0.1) is 5.41 Å². The molecule has 0 bridgehead atoms. The van der Waals surface area contributed by atoms with Crippen LogP contribution in [-0.2, 0) is 4.79 Å². The van der Waals surface area contributed by atoms with Crippen LogP contribution in [0.3, 0.4) is 0 Å². The van der Waals surface area contributed by atoms with Gasteiger partial charge in [0.2, 0.25) is 0 Å². The van der Waals surface area contributed by atoms with Crippen molar-refractivity contribution < 1.29 is 4.79 Å². The van der Waals surface area contributed by atoms with Gasteiger partial charge in [-0.05, 0) is 23.8 Å². The summed E-state index contributed by atoms with van der Waals surface area (Å²) in [5.41, 5.74) is 10.8. The summed E-state index contributed by atoms with van der Waals surface area (Å²) < 4.78 is 0. The first-order valence-corrected chi connectivity index (χ1v) is 8.55. The Labute approximate surface area is 157 Å². The van der Waals surface area contributed by atoms with Crippen LogP contribution in [0.1, 0.15) is 16.7 Å². The first kappa shape index (κ1) is 16.6. The molecule has 0 spiro atoms. The zero-order chi connectivity index (χ0) is 18.8. The molecule has 5 N–H and O–H groups in total. The number of para-hydroxylation sites is 1. The maximum Gasteiger partial charge on any atom is 0.258 e. The van der Waals surface area contributed by atoms with Crippen molar-refractivity contribution in [3.05, 3.63) is 95.6 Å². The number of amidine groups is 1. The van der Waals surface area contributed by atoms with Crippen molar-refractivity contribution in [3.63, 3.8) is 0 Å². The summed E-state index contributed by atoms with van der Waals surface area (Å²) in [6, 6.07) is 24.6. The summed E-state index contributed by atoms with van der Waals surface area (Å²) in [6.07, 6.45) is 0. The number of hydrogen-bond acceptors (Lipinski definition) is 3. The van der Waals surface area contributed by atoms with Gasteiger partial charge < -0.3 is 16.4 Å². The Morgan fingerprint density at radius 3 is 2.37 bits per heavy atom. The van der Waals surface area contributed by atoms with Gasteiger partial charge in [0, 0.05) is 22.5 Å². The summed E-state index contributed by atoms with van der Waals surface area (Å²) in [6.45, 7) is 0. The number of carbonyl (C=O) groups is 1. The third-order valence-electron chi connectivity index (χ3n) is 4.43. The van der Waals surface area contributed by atoms with Crippen LogP contribution in [-0.4, -0.2) is 11.7 Å². The van der Waals surface area contributed by atoms with Crippen molar-refractivity contribution in [1.82, 2.24) is 0 Å². The second-order valence-corrected chi connectivity index (χ2v) is 6.24. The molecule has 0 fully saturated rings. The lowest BCUT2D eigenvalue weighted by Crippen LogP contribution is -2.12. The van der Waals surface area contributed by atoms with E-state index in [2.05, 4.69) is 10.6 Å². The summed E-state index contributed by atoms with van der Waals surface area (Å²) in [7, 11) is 0. The fourth-order valence-electron chi connectivity index (χ4n) is 3.16. The molecule has 5 nitrogen and oxygen atoms in total. The van der Waals surface area contributed by atoms with Crippen molar-refractivity contribution in [2.24, 2.45) is 5.73 Å². The highest BCUT2D eigenvalue weighted by atomic mass is 16.2. The standard InChI is InChI=1S/C22H18N4O/c23-21(24)15-9-6-10-16(13-15)25-20(14-7-2-1-3-8-14)19-17-11-4-5-12-18(17)26-22(19)27/h1-13,25H,(H3,23,24)(H,26,27)/b20-19-. The van der Waals surface area contributed by atoms with Gasteiger partial charge in [0.05, 0.1) is 11.3 Å². The molecular formula is C22H18N4O. The van der Waals surface area contributed by atoms with Crippen molar-refractivity contribution in [1.29, 1.82) is 5.41 Å². The minimum absolute atomic E-state index is 0.00322. The van der Waals surface area contributed by atoms with Crippen molar-refractivity contribution in [2.75, 3.05) is 10.6 Å². The number of fused-ring (bicyclic) bond motifs is 1. The monoisotopic (exact) mass is 354 g/mol. The van der Waals surface area contributed by atoms with E-state index in [1.54, 1.807) is 12.1 Å². The molecule has 4 rings (SSSR count). The third-order valence-corrected chi connectivity index (χ3v) is 4.43. The lowest BCUT2D eigenvalue weighted by molar-refractivity contribution is -0.110. The van der Waals surface area contributed by atoms with E-state index in [9.17, 15) is 4.79 Å². The maximum atomic E-state index is 12.7. The molecule has 0 unspecified atom stereocenters. The smallest absolute Gasteiger partial charge is 0.258 e. The number of amides is 1. The van der Waals surface area contributed by atoms with Crippen LogP contribution in [0.15, 0.2) is 78.9 Å². The van der Waals surface area contributed by atoms with Crippen LogP contribution in [0.5, 0.6) is 0 Å². The number of hydrogen-bond donors (Lipinski definition) is 4. The van der Waals surface area contributed by atoms with Gasteiger partial charge in [0.25, 0.3) is 5.91 Å². The Morgan fingerprint density at radius 2 is 1.59 bits per heavy atom. The highest BCUT2D eigenvalue weighted by Gasteiger charge is 2.28. The first-order valence-electron chi connectivity index (χ1n) is 8.55. The molecular weight excluding hydrogens is 336 g/mol. The van der Waals surface area contributed by atoms with Crippen molar-refractivity contribution in [2.45, 2.75) is 0 Å². The molecule has 0 atom stereocenters. The topological polar surface area (TPSA) is 91.0 Å². The molecule has 3 aromatic carbocycles. The van der Waals surface area contributed by atoms with E-state index in [1.165, 1.54) is 0 Å². The van der Waals surface area contributed by atoms with Crippen molar-refractivity contribution >= 4 is 34.4 Å². The molecule has 0 aromatic heterocycles. The van der Waals surface area contributed by atoms with Gasteiger partial charge in [-0.1, -0.05) is 60.7 Å². The predicted octanol–water partition coefficient (Wildman–Crippen LogP) is 3.90. The van der Waals surface area contributed by atoms with Gasteiger partial charge in [-0.3, -0.25) is 10.2 Å². The largest absolute Gasteiger partial charge is 0.384 e. The highest BCUT2D eigenvalue weighted by Crippen LogP contribution is 2.37. The van der Waals surface area contributed by atoms with E-state index in [0.29, 0.717) is 16.8 Å². The van der Waals surface area contributed by atoms with Crippen LogP contribution in [0.4, 0.5) is 11.4 Å². The zero-order valence-corrected chi connectivity index (χ0v) is 14.5. The summed E-state index contributed by atoms with van der Waals surface area (Å²) in [5, 5.41) is 13.9. The van der Waals surface area contributed by atoms with E-state index in [1.807, 2.05) is 66.7 Å². The molecule has 27 heavy (non-hydrogen) atoms. The molecule has 1 heterocycles. The summed E-state index contributed by atoms with van der Waals surface area (Å²) in [4.78, 5) is 12.7. The van der Waals surface area contributed by atoms with Crippen molar-refractivity contribution in [3.8, 4) is 0 Å². The molecule has 0 saturated heterocycles. The van der Waals surface area contributed by atoms with E-state index >= 15 is 0 Å². The molecule has 3 aromatic rings. The summed E-state index contributed by atoms with van der Waals surface area (Å²) >= 11 is 0. The number of anilines is 2. The molecule has 1 amide bonds. The first-order chi connectivity index (χ1) is 13.1. The second-order valence-electron chi connectivity index (χ2n) is 6.24. The number of carbonyl (C=O) groups excluding carboxylic acids is 1. The minimum Gasteiger partial charge on any atom is -0.384 e. The SMILES string of the molecule is N=C(N)c1cccc(N/C(=C2\C(=O)Nc3ccccc32)c2ccccc2)c1. The number of nitrogen functional groups attached to an aromatic ring is 1. The Kier molecular flexibility index (Phi) is 4.18. The van der Waals surface area contributed by atoms with Gasteiger partial charge in [0.15, 0.2) is 0 Å². The van der Waals surface area contributed by atoms with Gasteiger partial charge >= 0.3 is 0 Å². The van der Waals surface area contributed by atoms with E-state index in [0.717, 1.165) is 22.5 Å². The van der Waals surface area contributed by atoms with E-state index in [-0.39, 0.29) is 11.7 Å². The molecule has 0 radical (unpaired) electrons. The Balaban J connectivity index is 1.88. The molecule has 0 aliphatic carbocycles. The quantitative estimate of drug-likeness (QED) is 0.325. The maximum absolute atomic E-state index is 12.7. The predicted molar refractivity (Wildman–Crippen MR) is 109 cm³/mol. The normalized spacial score (nSPS) is 14.3. The molecule has 1 aliphatic heterocycles. The molecule has 0 saturated carbocycles. The number of rotatable bonds is 4. The Morgan fingerprint density at radius 1 is 0.889 bits per heavy atom. The van der Waals surface area contributed by atoms with Crippen LogP contribution in [0.2, 0.25) is 0 Å².